The number of amides is 1. The minimum Gasteiger partial charge on any atom is -0.338 e. The zero-order chi connectivity index (χ0) is 17.3. The molecule has 2 heterocycles. The van der Waals surface area contributed by atoms with Gasteiger partial charge >= 0.3 is 0 Å². The summed E-state index contributed by atoms with van der Waals surface area (Å²) in [6.45, 7) is 8.90. The van der Waals surface area contributed by atoms with Crippen LogP contribution in [0.1, 0.15) is 33.7 Å². The summed E-state index contributed by atoms with van der Waals surface area (Å²) < 4.78 is 2.18. The number of likely N-dealkylation sites (tertiary alicyclic amines) is 1. The Morgan fingerprint density at radius 2 is 2.00 bits per heavy atom. The molecule has 1 atom stereocenters. The van der Waals surface area contributed by atoms with Gasteiger partial charge in [-0.2, -0.15) is 0 Å². The number of benzene rings is 1. The van der Waals surface area contributed by atoms with Crippen molar-refractivity contribution in [3.63, 3.8) is 0 Å². The van der Waals surface area contributed by atoms with Gasteiger partial charge in [-0.15, -0.1) is 12.4 Å². The molecule has 0 spiro atoms. The number of nitrogens with one attached hydrogen (secondary N) is 1. The first-order chi connectivity index (χ1) is 11.5. The highest BCUT2D eigenvalue weighted by Gasteiger charge is 2.28. The predicted molar refractivity (Wildman–Crippen MR) is 105 cm³/mol. The molecular formula is C20H28ClN3O. The summed E-state index contributed by atoms with van der Waals surface area (Å²) in [4.78, 5) is 15.0. The van der Waals surface area contributed by atoms with Gasteiger partial charge < -0.3 is 14.8 Å². The normalized spacial score (nSPS) is 16.8. The molecule has 5 heteroatoms. The van der Waals surface area contributed by atoms with Crippen molar-refractivity contribution in [3.05, 3.63) is 52.8 Å². The summed E-state index contributed by atoms with van der Waals surface area (Å²) >= 11 is 0. The van der Waals surface area contributed by atoms with E-state index in [0.717, 1.165) is 48.7 Å². The van der Waals surface area contributed by atoms with Crippen molar-refractivity contribution in [3.8, 4) is 5.69 Å². The quantitative estimate of drug-likeness (QED) is 0.904. The Hall–Kier alpha value is -1.78. The lowest BCUT2D eigenvalue weighted by Crippen LogP contribution is -2.30. The van der Waals surface area contributed by atoms with E-state index in [-0.39, 0.29) is 18.3 Å². The standard InChI is InChI=1S/C20H27N3O.ClH/c1-14-6-5-7-18(10-14)23-15(2)11-19(16(23)3)20(24)22-9-8-17(13-22)12-21-4;/h5-7,10-11,17,21H,8-9,12-13H2,1-4H3;1H. The van der Waals surface area contributed by atoms with Crippen molar-refractivity contribution in [2.45, 2.75) is 27.2 Å². The Morgan fingerprint density at radius 1 is 1.24 bits per heavy atom. The van der Waals surface area contributed by atoms with Crippen LogP contribution in [0.3, 0.4) is 0 Å². The summed E-state index contributed by atoms with van der Waals surface area (Å²) in [6, 6.07) is 10.4. The van der Waals surface area contributed by atoms with Crippen molar-refractivity contribution in [1.29, 1.82) is 0 Å². The lowest BCUT2D eigenvalue weighted by molar-refractivity contribution is 0.0786. The van der Waals surface area contributed by atoms with E-state index < -0.39 is 0 Å². The minimum atomic E-state index is 0. The fourth-order valence-electron chi connectivity index (χ4n) is 3.79. The third-order valence-corrected chi connectivity index (χ3v) is 4.99. The predicted octanol–water partition coefficient (Wildman–Crippen LogP) is 3.51. The molecule has 1 unspecified atom stereocenters. The number of aryl methyl sites for hydroxylation is 2. The first kappa shape index (κ1) is 19.5. The smallest absolute Gasteiger partial charge is 0.255 e. The first-order valence-corrected chi connectivity index (χ1v) is 8.71. The average Bonchev–Trinajstić information content (AvgIpc) is 3.12. The highest BCUT2D eigenvalue weighted by Crippen LogP contribution is 2.25. The molecule has 4 nitrogen and oxygen atoms in total. The molecule has 1 aliphatic heterocycles. The molecule has 1 N–H and O–H groups in total. The van der Waals surface area contributed by atoms with Crippen LogP contribution in [-0.4, -0.2) is 42.1 Å². The van der Waals surface area contributed by atoms with Crippen LogP contribution in [0, 0.1) is 26.7 Å². The molecule has 25 heavy (non-hydrogen) atoms. The Balaban J connectivity index is 0.00000225. The number of hydrogen-bond donors (Lipinski definition) is 1. The van der Waals surface area contributed by atoms with E-state index in [0.29, 0.717) is 5.92 Å². The summed E-state index contributed by atoms with van der Waals surface area (Å²) in [5.41, 5.74) is 5.31. The molecule has 1 fully saturated rings. The van der Waals surface area contributed by atoms with E-state index in [2.05, 4.69) is 48.0 Å². The molecule has 1 amide bonds. The van der Waals surface area contributed by atoms with Crippen LogP contribution in [0.2, 0.25) is 0 Å². The Bertz CT molecular complexity index is 753. The van der Waals surface area contributed by atoms with Crippen molar-refractivity contribution < 1.29 is 4.79 Å². The van der Waals surface area contributed by atoms with Gasteiger partial charge in [0.25, 0.3) is 5.91 Å². The maximum Gasteiger partial charge on any atom is 0.255 e. The first-order valence-electron chi connectivity index (χ1n) is 8.71. The largest absolute Gasteiger partial charge is 0.338 e. The summed E-state index contributed by atoms with van der Waals surface area (Å²) in [6.07, 6.45) is 1.09. The third kappa shape index (κ3) is 3.91. The van der Waals surface area contributed by atoms with Gasteiger partial charge in [0.05, 0.1) is 5.56 Å². The van der Waals surface area contributed by atoms with Crippen LogP contribution < -0.4 is 5.32 Å². The second-order valence-electron chi connectivity index (χ2n) is 6.92. The van der Waals surface area contributed by atoms with E-state index >= 15 is 0 Å². The molecule has 0 radical (unpaired) electrons. The van der Waals surface area contributed by atoms with Gasteiger partial charge in [-0.05, 0) is 70.5 Å². The SMILES string of the molecule is CNCC1CCN(C(=O)c2cc(C)n(-c3cccc(C)c3)c2C)C1.Cl. The monoisotopic (exact) mass is 361 g/mol. The van der Waals surface area contributed by atoms with E-state index in [1.165, 1.54) is 5.56 Å². The van der Waals surface area contributed by atoms with Crippen LogP contribution in [0.25, 0.3) is 5.69 Å². The number of rotatable bonds is 4. The number of carbonyl (C=O) groups excluding carboxylic acids is 1. The van der Waals surface area contributed by atoms with E-state index in [9.17, 15) is 4.79 Å². The van der Waals surface area contributed by atoms with Gasteiger partial charge in [0.2, 0.25) is 0 Å². The topological polar surface area (TPSA) is 37.3 Å². The van der Waals surface area contributed by atoms with Crippen LogP contribution in [0.15, 0.2) is 30.3 Å². The summed E-state index contributed by atoms with van der Waals surface area (Å²) in [5, 5.41) is 3.22. The van der Waals surface area contributed by atoms with E-state index in [1.807, 2.05) is 24.9 Å². The second kappa shape index (κ2) is 8.07. The molecule has 0 saturated carbocycles. The molecule has 2 aromatic rings. The average molecular weight is 362 g/mol. The Kier molecular flexibility index (Phi) is 6.31. The Morgan fingerprint density at radius 3 is 2.68 bits per heavy atom. The van der Waals surface area contributed by atoms with Gasteiger partial charge in [0.1, 0.15) is 0 Å². The highest BCUT2D eigenvalue weighted by atomic mass is 35.5. The van der Waals surface area contributed by atoms with Crippen LogP contribution >= 0.6 is 12.4 Å². The van der Waals surface area contributed by atoms with Crippen molar-refractivity contribution >= 4 is 18.3 Å². The lowest BCUT2D eigenvalue weighted by Gasteiger charge is -2.17. The third-order valence-electron chi connectivity index (χ3n) is 4.99. The summed E-state index contributed by atoms with van der Waals surface area (Å²) in [7, 11) is 1.97. The van der Waals surface area contributed by atoms with Gasteiger partial charge in [-0.25, -0.2) is 0 Å². The van der Waals surface area contributed by atoms with Crippen LogP contribution in [-0.2, 0) is 0 Å². The Labute approximate surface area is 156 Å². The number of carbonyl (C=O) groups is 1. The molecule has 1 saturated heterocycles. The number of hydrogen-bond acceptors (Lipinski definition) is 2. The molecule has 0 bridgehead atoms. The fourth-order valence-corrected chi connectivity index (χ4v) is 3.79. The van der Waals surface area contributed by atoms with Gasteiger partial charge in [0.15, 0.2) is 0 Å². The molecule has 3 rings (SSSR count). The highest BCUT2D eigenvalue weighted by molar-refractivity contribution is 5.96. The maximum atomic E-state index is 13.0. The second-order valence-corrected chi connectivity index (χ2v) is 6.92. The molecular weight excluding hydrogens is 334 g/mol. The zero-order valence-corrected chi connectivity index (χ0v) is 16.3. The molecule has 1 aromatic carbocycles. The minimum absolute atomic E-state index is 0. The number of halogens is 1. The molecule has 136 valence electrons. The maximum absolute atomic E-state index is 13.0. The van der Waals surface area contributed by atoms with Gasteiger partial charge in [-0.3, -0.25) is 4.79 Å². The zero-order valence-electron chi connectivity index (χ0n) is 15.5. The van der Waals surface area contributed by atoms with Crippen LogP contribution in [0.5, 0.6) is 0 Å². The molecule has 1 aliphatic rings. The van der Waals surface area contributed by atoms with Crippen molar-refractivity contribution in [2.24, 2.45) is 5.92 Å². The molecule has 1 aromatic heterocycles. The number of nitrogens with zero attached hydrogens (tertiary/aromatic N) is 2. The van der Waals surface area contributed by atoms with Gasteiger partial charge in [0, 0.05) is 30.2 Å². The fraction of sp³-hybridized carbons (Fsp3) is 0.450. The van der Waals surface area contributed by atoms with Crippen molar-refractivity contribution in [2.75, 3.05) is 26.7 Å². The van der Waals surface area contributed by atoms with Crippen LogP contribution in [0.4, 0.5) is 0 Å². The van der Waals surface area contributed by atoms with Gasteiger partial charge in [-0.1, -0.05) is 12.1 Å². The van der Waals surface area contributed by atoms with E-state index in [4.69, 9.17) is 0 Å². The lowest BCUT2D eigenvalue weighted by atomic mass is 10.1. The van der Waals surface area contributed by atoms with Crippen molar-refractivity contribution in [1.82, 2.24) is 14.8 Å². The summed E-state index contributed by atoms with van der Waals surface area (Å²) in [5.74, 6) is 0.736. The van der Waals surface area contributed by atoms with E-state index in [1.54, 1.807) is 0 Å². The number of aromatic nitrogens is 1. The molecule has 0 aliphatic carbocycles.